The number of nitrogens with one attached hydrogen (secondary N) is 1. The number of H-pyrrole nitrogens is 1. The minimum Gasteiger partial charge on any atom is -0.337 e. The van der Waals surface area contributed by atoms with E-state index in [0.717, 1.165) is 56.4 Å². The molecule has 0 unspecified atom stereocenters. The van der Waals surface area contributed by atoms with Gasteiger partial charge in [-0.2, -0.15) is 5.10 Å². The van der Waals surface area contributed by atoms with Crippen molar-refractivity contribution < 1.29 is 4.79 Å². The number of amides is 1. The molecule has 2 aromatic rings. The Bertz CT molecular complexity index is 1030. The van der Waals surface area contributed by atoms with Gasteiger partial charge in [-0.05, 0) is 73.4 Å². The molecule has 1 N–H and O–H groups in total. The summed E-state index contributed by atoms with van der Waals surface area (Å²) in [5.74, 6) is 1.03. The number of fused-ring (bicyclic) bond motifs is 1. The fourth-order valence-electron chi connectivity index (χ4n) is 4.89. The second-order valence-corrected chi connectivity index (χ2v) is 9.80. The Morgan fingerprint density at radius 3 is 2.68 bits per heavy atom. The van der Waals surface area contributed by atoms with E-state index < -0.39 is 0 Å². The van der Waals surface area contributed by atoms with Crippen molar-refractivity contribution in [3.63, 3.8) is 0 Å². The standard InChI is InChI=1S/C23H28Cl2N4O2/c1-14(9-17-11-26-27-22(30)21(17)25)12-29-7-5-15(6-8-29)10-16-3-4-19(24)20-18(16)13-28(2)23(20)31/h3-4,11,14-15H,5-10,12-13H2,1-2H3,(H,27,30)/t14-/m0/s1. The lowest BCUT2D eigenvalue weighted by Gasteiger charge is -2.34. The molecule has 0 spiro atoms. The number of halogens is 2. The van der Waals surface area contributed by atoms with E-state index in [9.17, 15) is 9.59 Å². The smallest absolute Gasteiger partial charge is 0.283 e. The van der Waals surface area contributed by atoms with Gasteiger partial charge in [0.2, 0.25) is 0 Å². The Morgan fingerprint density at radius 1 is 1.19 bits per heavy atom. The lowest BCUT2D eigenvalue weighted by Crippen LogP contribution is -2.37. The molecule has 1 saturated heterocycles. The van der Waals surface area contributed by atoms with Crippen LogP contribution in [0.1, 0.15) is 46.8 Å². The third-order valence-corrected chi connectivity index (χ3v) is 7.27. The maximum absolute atomic E-state index is 12.4. The molecule has 166 valence electrons. The largest absolute Gasteiger partial charge is 0.337 e. The van der Waals surface area contributed by atoms with Gasteiger partial charge in [-0.3, -0.25) is 9.59 Å². The summed E-state index contributed by atoms with van der Waals surface area (Å²) in [6.45, 7) is 5.94. The maximum Gasteiger partial charge on any atom is 0.283 e. The molecule has 0 aliphatic carbocycles. The molecule has 1 fully saturated rings. The summed E-state index contributed by atoms with van der Waals surface area (Å²) in [4.78, 5) is 28.3. The van der Waals surface area contributed by atoms with Crippen molar-refractivity contribution in [1.82, 2.24) is 20.0 Å². The number of carbonyl (C=O) groups excluding carboxylic acids is 1. The molecule has 1 aromatic heterocycles. The van der Waals surface area contributed by atoms with E-state index in [4.69, 9.17) is 23.2 Å². The summed E-state index contributed by atoms with van der Waals surface area (Å²) in [5.41, 5.74) is 3.55. The van der Waals surface area contributed by atoms with Crippen LogP contribution in [0.2, 0.25) is 10.0 Å². The Balaban J connectivity index is 1.31. The van der Waals surface area contributed by atoms with Crippen LogP contribution in [0.25, 0.3) is 0 Å². The van der Waals surface area contributed by atoms with E-state index in [1.54, 1.807) is 11.1 Å². The Hall–Kier alpha value is -1.89. The summed E-state index contributed by atoms with van der Waals surface area (Å²) in [5, 5.41) is 7.05. The zero-order valence-electron chi connectivity index (χ0n) is 18.0. The van der Waals surface area contributed by atoms with Crippen molar-refractivity contribution in [3.8, 4) is 0 Å². The van der Waals surface area contributed by atoms with Gasteiger partial charge in [-0.25, -0.2) is 5.10 Å². The van der Waals surface area contributed by atoms with E-state index in [1.807, 2.05) is 13.1 Å². The topological polar surface area (TPSA) is 69.3 Å². The van der Waals surface area contributed by atoms with Crippen molar-refractivity contribution in [2.75, 3.05) is 26.7 Å². The van der Waals surface area contributed by atoms with E-state index in [0.29, 0.717) is 29.0 Å². The van der Waals surface area contributed by atoms with Gasteiger partial charge in [0.1, 0.15) is 5.02 Å². The predicted octanol–water partition coefficient (Wildman–Crippen LogP) is 3.80. The van der Waals surface area contributed by atoms with Gasteiger partial charge in [0.15, 0.2) is 0 Å². The molecule has 1 atom stereocenters. The molecule has 31 heavy (non-hydrogen) atoms. The minimum atomic E-state index is -0.325. The summed E-state index contributed by atoms with van der Waals surface area (Å²) in [7, 11) is 1.83. The van der Waals surface area contributed by atoms with Gasteiger partial charge in [-0.15, -0.1) is 0 Å². The summed E-state index contributed by atoms with van der Waals surface area (Å²) in [6.07, 6.45) is 5.67. The predicted molar refractivity (Wildman–Crippen MR) is 123 cm³/mol. The first-order valence-electron chi connectivity index (χ1n) is 10.8. The highest BCUT2D eigenvalue weighted by Gasteiger charge is 2.30. The number of aromatic amines is 1. The average molecular weight is 463 g/mol. The molecule has 3 heterocycles. The molecule has 0 bridgehead atoms. The fraction of sp³-hybridized carbons (Fsp3) is 0.522. The van der Waals surface area contributed by atoms with Gasteiger partial charge < -0.3 is 9.80 Å². The summed E-state index contributed by atoms with van der Waals surface area (Å²) < 4.78 is 0. The molecule has 1 aromatic carbocycles. The zero-order chi connectivity index (χ0) is 22.1. The van der Waals surface area contributed by atoms with E-state index in [2.05, 4.69) is 28.1 Å². The summed E-state index contributed by atoms with van der Waals surface area (Å²) in [6, 6.07) is 3.97. The Labute approximate surface area is 192 Å². The second-order valence-electron chi connectivity index (χ2n) is 9.02. The highest BCUT2D eigenvalue weighted by atomic mass is 35.5. The van der Waals surface area contributed by atoms with Crippen LogP contribution in [-0.4, -0.2) is 52.6 Å². The second kappa shape index (κ2) is 9.31. The van der Waals surface area contributed by atoms with Crippen LogP contribution in [0.5, 0.6) is 0 Å². The minimum absolute atomic E-state index is 0.0290. The number of hydrogen-bond donors (Lipinski definition) is 1. The number of piperidine rings is 1. The third kappa shape index (κ3) is 4.81. The normalized spacial score (nSPS) is 18.5. The molecule has 6 nitrogen and oxygen atoms in total. The van der Waals surface area contributed by atoms with Crippen LogP contribution in [0.15, 0.2) is 23.1 Å². The van der Waals surface area contributed by atoms with Crippen molar-refractivity contribution in [2.45, 2.75) is 39.2 Å². The Morgan fingerprint density at radius 2 is 1.94 bits per heavy atom. The number of nitrogens with zero attached hydrogens (tertiary/aromatic N) is 3. The monoisotopic (exact) mass is 462 g/mol. The first kappa shape index (κ1) is 22.3. The highest BCUT2D eigenvalue weighted by Crippen LogP contribution is 2.33. The number of rotatable bonds is 6. The molecular formula is C23H28Cl2N4O2. The lowest BCUT2D eigenvalue weighted by molar-refractivity contribution is 0.0816. The van der Waals surface area contributed by atoms with E-state index >= 15 is 0 Å². The maximum atomic E-state index is 12.4. The molecule has 4 rings (SSSR count). The van der Waals surface area contributed by atoms with E-state index in [-0.39, 0.29) is 16.5 Å². The van der Waals surface area contributed by atoms with Gasteiger partial charge in [0.05, 0.1) is 16.8 Å². The van der Waals surface area contributed by atoms with Crippen molar-refractivity contribution in [3.05, 3.63) is 61.0 Å². The highest BCUT2D eigenvalue weighted by molar-refractivity contribution is 6.34. The quantitative estimate of drug-likeness (QED) is 0.708. The first-order chi connectivity index (χ1) is 14.8. The molecule has 0 saturated carbocycles. The molecule has 2 aliphatic rings. The van der Waals surface area contributed by atoms with Crippen LogP contribution < -0.4 is 5.56 Å². The van der Waals surface area contributed by atoms with Crippen LogP contribution in [-0.2, 0) is 19.4 Å². The molecule has 1 amide bonds. The number of carbonyl (C=O) groups is 1. The van der Waals surface area contributed by atoms with Gasteiger partial charge in [0.25, 0.3) is 11.5 Å². The number of aromatic nitrogens is 2. The third-order valence-electron chi connectivity index (χ3n) is 6.54. The first-order valence-corrected chi connectivity index (χ1v) is 11.6. The van der Waals surface area contributed by atoms with Crippen LogP contribution in [0.4, 0.5) is 0 Å². The Kier molecular flexibility index (Phi) is 6.70. The van der Waals surface area contributed by atoms with Gasteiger partial charge in [0, 0.05) is 20.1 Å². The van der Waals surface area contributed by atoms with Crippen molar-refractivity contribution >= 4 is 29.1 Å². The van der Waals surface area contributed by atoms with E-state index in [1.165, 1.54) is 5.56 Å². The molecule has 8 heteroatoms. The molecular weight excluding hydrogens is 435 g/mol. The number of benzene rings is 1. The van der Waals surface area contributed by atoms with Crippen molar-refractivity contribution in [1.29, 1.82) is 0 Å². The zero-order valence-corrected chi connectivity index (χ0v) is 19.5. The van der Waals surface area contributed by atoms with Crippen molar-refractivity contribution in [2.24, 2.45) is 11.8 Å². The van der Waals surface area contributed by atoms with Crippen LogP contribution in [0.3, 0.4) is 0 Å². The average Bonchev–Trinajstić information content (AvgIpc) is 3.04. The molecule has 0 radical (unpaired) electrons. The van der Waals surface area contributed by atoms with Crippen LogP contribution in [0, 0.1) is 11.8 Å². The lowest BCUT2D eigenvalue weighted by atomic mass is 9.87. The fourth-order valence-corrected chi connectivity index (χ4v) is 5.32. The SMILES string of the molecule is C[C@@H](Cc1cn[nH]c(=O)c1Cl)CN1CCC(Cc2ccc(Cl)c3c2CN(C)C3=O)CC1. The molecule has 2 aliphatic heterocycles. The van der Waals surface area contributed by atoms with Gasteiger partial charge in [-0.1, -0.05) is 36.2 Å². The number of hydrogen-bond acceptors (Lipinski definition) is 4. The number of likely N-dealkylation sites (tertiary alicyclic amines) is 1. The van der Waals surface area contributed by atoms with Crippen LogP contribution >= 0.6 is 23.2 Å². The summed E-state index contributed by atoms with van der Waals surface area (Å²) >= 11 is 12.4. The van der Waals surface area contributed by atoms with Gasteiger partial charge >= 0.3 is 0 Å².